The zero-order chi connectivity index (χ0) is 23.9. The maximum Gasteiger partial charge on any atom is 0.136 e. The molecule has 2 nitrogen and oxygen atoms in total. The van der Waals surface area contributed by atoms with Crippen LogP contribution in [0.15, 0.2) is 103 Å². The normalized spacial score (nSPS) is 11.3. The number of hydrogen-bond donors (Lipinski definition) is 0. The molecule has 0 atom stereocenters. The van der Waals surface area contributed by atoms with Crippen molar-refractivity contribution in [1.82, 2.24) is 9.97 Å². The minimum atomic E-state index is -0.949. The summed E-state index contributed by atoms with van der Waals surface area (Å²) < 4.78 is 41.7. The lowest BCUT2D eigenvalue weighted by atomic mass is 9.95. The predicted molar refractivity (Wildman–Crippen MR) is 133 cm³/mol. The molecule has 0 amide bonds. The van der Waals surface area contributed by atoms with Crippen LogP contribution in [0.25, 0.3) is 55.2 Å². The minimum absolute atomic E-state index is 0.260. The molecular weight excluding hydrogens is 445 g/mol. The van der Waals surface area contributed by atoms with Crippen LogP contribution in [0.2, 0.25) is 0 Å². The second-order valence-corrected chi connectivity index (χ2v) is 8.30. The van der Waals surface area contributed by atoms with Crippen LogP contribution in [-0.4, -0.2) is 9.97 Å². The lowest BCUT2D eigenvalue weighted by Crippen LogP contribution is -1.93. The van der Waals surface area contributed by atoms with E-state index in [1.165, 1.54) is 11.7 Å². The Morgan fingerprint density at radius 1 is 0.514 bits per heavy atom. The number of benzene rings is 5. The molecule has 0 saturated carbocycles. The lowest BCUT2D eigenvalue weighted by Gasteiger charge is -2.11. The van der Waals surface area contributed by atoms with Gasteiger partial charge in [0.1, 0.15) is 23.8 Å². The summed E-state index contributed by atoms with van der Waals surface area (Å²) in [5, 5.41) is 4.54. The number of aromatic nitrogens is 2. The van der Waals surface area contributed by atoms with Gasteiger partial charge in [-0.15, -0.1) is 0 Å². The van der Waals surface area contributed by atoms with Crippen molar-refractivity contribution in [2.75, 3.05) is 0 Å². The molecule has 0 aliphatic carbocycles. The molecule has 5 aromatic carbocycles. The maximum atomic E-state index is 14.2. The number of rotatable bonds is 3. The third-order valence-electron chi connectivity index (χ3n) is 6.19. The van der Waals surface area contributed by atoms with Gasteiger partial charge in [-0.1, -0.05) is 72.8 Å². The molecule has 0 bridgehead atoms. The van der Waals surface area contributed by atoms with Crippen LogP contribution in [0.1, 0.15) is 0 Å². The molecule has 168 valence electrons. The fraction of sp³-hybridized carbons (Fsp3) is 0. The molecule has 0 fully saturated rings. The van der Waals surface area contributed by atoms with Crippen molar-refractivity contribution in [2.45, 2.75) is 0 Å². The molecule has 0 saturated heterocycles. The number of nitrogens with zero attached hydrogens (tertiary/aromatic N) is 2. The van der Waals surface area contributed by atoms with Gasteiger partial charge in [-0.3, -0.25) is 0 Å². The summed E-state index contributed by atoms with van der Waals surface area (Å²) in [4.78, 5) is 8.96. The quantitative estimate of drug-likeness (QED) is 0.248. The van der Waals surface area contributed by atoms with Crippen molar-refractivity contribution in [1.29, 1.82) is 0 Å². The van der Waals surface area contributed by atoms with Crippen LogP contribution in [0.3, 0.4) is 0 Å². The van der Waals surface area contributed by atoms with Gasteiger partial charge in [0.2, 0.25) is 0 Å². The molecule has 6 aromatic rings. The Morgan fingerprint density at radius 3 is 1.86 bits per heavy atom. The second kappa shape index (κ2) is 8.37. The summed E-state index contributed by atoms with van der Waals surface area (Å²) in [7, 11) is 0. The molecule has 6 rings (SSSR count). The van der Waals surface area contributed by atoms with Crippen molar-refractivity contribution >= 4 is 21.5 Å². The Balaban J connectivity index is 1.44. The molecule has 35 heavy (non-hydrogen) atoms. The van der Waals surface area contributed by atoms with E-state index in [4.69, 9.17) is 0 Å². The van der Waals surface area contributed by atoms with Crippen LogP contribution in [0.4, 0.5) is 13.2 Å². The molecule has 0 aliphatic heterocycles. The topological polar surface area (TPSA) is 25.8 Å². The zero-order valence-electron chi connectivity index (χ0n) is 18.3. The van der Waals surface area contributed by atoms with Gasteiger partial charge >= 0.3 is 0 Å². The average Bonchev–Trinajstić information content (AvgIpc) is 2.88. The first kappa shape index (κ1) is 21.1. The van der Waals surface area contributed by atoms with Crippen LogP contribution in [0.5, 0.6) is 0 Å². The highest BCUT2D eigenvalue weighted by Crippen LogP contribution is 2.35. The van der Waals surface area contributed by atoms with Gasteiger partial charge in [-0.2, -0.15) is 0 Å². The summed E-state index contributed by atoms with van der Waals surface area (Å²) in [5.74, 6) is -2.83. The van der Waals surface area contributed by atoms with E-state index in [1.54, 1.807) is 24.3 Å². The Bertz CT molecular complexity index is 1700. The highest BCUT2D eigenvalue weighted by Gasteiger charge is 2.15. The average molecular weight is 462 g/mol. The molecule has 0 spiro atoms. The Labute approximate surface area is 199 Å². The standard InChI is InChI=1S/C30H17F3N2/c31-21-14-26(32)30(27(33)15-21)19-11-9-18(10-12-19)28-16-29(35-17-34-28)25-13-20-5-1-2-6-22(20)23-7-3-4-8-24(23)25/h1-17H. The van der Waals surface area contributed by atoms with E-state index in [1.807, 2.05) is 30.3 Å². The summed E-state index contributed by atoms with van der Waals surface area (Å²) >= 11 is 0. The molecule has 1 aromatic heterocycles. The molecule has 5 heteroatoms. The molecule has 0 aliphatic rings. The monoisotopic (exact) mass is 462 g/mol. The third kappa shape index (κ3) is 3.71. The van der Waals surface area contributed by atoms with Crippen LogP contribution < -0.4 is 0 Å². The van der Waals surface area contributed by atoms with Gasteiger partial charge in [0.15, 0.2) is 0 Å². The van der Waals surface area contributed by atoms with Crippen LogP contribution in [-0.2, 0) is 0 Å². The van der Waals surface area contributed by atoms with Crippen molar-refractivity contribution in [2.24, 2.45) is 0 Å². The summed E-state index contributed by atoms with van der Waals surface area (Å²) in [6.45, 7) is 0. The summed E-state index contributed by atoms with van der Waals surface area (Å²) in [6.07, 6.45) is 1.52. The van der Waals surface area contributed by atoms with Gasteiger partial charge in [0.05, 0.1) is 17.0 Å². The SMILES string of the molecule is Fc1cc(F)c(-c2ccc(-c3cc(-c4cc5ccccc5c5ccccc45)ncn3)cc2)c(F)c1. The van der Waals surface area contributed by atoms with Crippen molar-refractivity contribution in [3.05, 3.63) is 121 Å². The van der Waals surface area contributed by atoms with Crippen molar-refractivity contribution < 1.29 is 13.2 Å². The van der Waals surface area contributed by atoms with Gasteiger partial charge in [-0.05, 0) is 39.2 Å². The van der Waals surface area contributed by atoms with Crippen molar-refractivity contribution in [3.8, 4) is 33.6 Å². The molecule has 1 heterocycles. The van der Waals surface area contributed by atoms with E-state index in [-0.39, 0.29) is 5.56 Å². The first-order chi connectivity index (χ1) is 17.1. The summed E-state index contributed by atoms with van der Waals surface area (Å²) in [5.41, 5.74) is 3.28. The lowest BCUT2D eigenvalue weighted by molar-refractivity contribution is 0.548. The maximum absolute atomic E-state index is 14.2. The van der Waals surface area contributed by atoms with E-state index in [2.05, 4.69) is 40.3 Å². The summed E-state index contributed by atoms with van der Waals surface area (Å²) in [6, 6.07) is 28.5. The Morgan fingerprint density at radius 2 is 1.11 bits per heavy atom. The van der Waals surface area contributed by atoms with Gasteiger partial charge in [0.25, 0.3) is 0 Å². The minimum Gasteiger partial charge on any atom is -0.236 e. The first-order valence-corrected chi connectivity index (χ1v) is 11.1. The van der Waals surface area contributed by atoms with E-state index in [0.717, 1.165) is 33.0 Å². The number of fused-ring (bicyclic) bond motifs is 3. The van der Waals surface area contributed by atoms with Gasteiger partial charge in [-0.25, -0.2) is 23.1 Å². The van der Waals surface area contributed by atoms with Gasteiger partial charge < -0.3 is 0 Å². The van der Waals surface area contributed by atoms with E-state index in [0.29, 0.717) is 23.4 Å². The first-order valence-electron chi connectivity index (χ1n) is 11.1. The molecule has 0 N–H and O–H groups in total. The van der Waals surface area contributed by atoms with E-state index in [9.17, 15) is 13.2 Å². The molecular formula is C30H17F3N2. The Kier molecular flexibility index (Phi) is 5.03. The third-order valence-corrected chi connectivity index (χ3v) is 6.19. The smallest absolute Gasteiger partial charge is 0.136 e. The van der Waals surface area contributed by atoms with Gasteiger partial charge in [0, 0.05) is 23.3 Å². The highest BCUT2D eigenvalue weighted by atomic mass is 19.1. The molecule has 0 unspecified atom stereocenters. The fourth-order valence-electron chi connectivity index (χ4n) is 4.55. The van der Waals surface area contributed by atoms with Crippen LogP contribution >= 0.6 is 0 Å². The second-order valence-electron chi connectivity index (χ2n) is 8.30. The zero-order valence-corrected chi connectivity index (χ0v) is 18.3. The molecule has 0 radical (unpaired) electrons. The largest absolute Gasteiger partial charge is 0.236 e. The predicted octanol–water partition coefficient (Wildman–Crippen LogP) is 8.20. The van der Waals surface area contributed by atoms with E-state index >= 15 is 0 Å². The Hall–Kier alpha value is -4.51. The van der Waals surface area contributed by atoms with E-state index < -0.39 is 17.5 Å². The number of halogens is 3. The number of hydrogen-bond acceptors (Lipinski definition) is 2. The fourth-order valence-corrected chi connectivity index (χ4v) is 4.55. The van der Waals surface area contributed by atoms with Crippen LogP contribution in [0, 0.1) is 17.5 Å². The van der Waals surface area contributed by atoms with Crippen molar-refractivity contribution in [3.63, 3.8) is 0 Å². The highest BCUT2D eigenvalue weighted by molar-refractivity contribution is 6.13.